The molecular weight excluding hydrogens is 294 g/mol. The highest BCUT2D eigenvalue weighted by Gasteiger charge is 2.17. The van der Waals surface area contributed by atoms with Gasteiger partial charge in [0.1, 0.15) is 5.75 Å². The zero-order valence-corrected chi connectivity index (χ0v) is 13.8. The van der Waals surface area contributed by atoms with Crippen molar-refractivity contribution in [1.82, 2.24) is 0 Å². The Balaban J connectivity index is 2.23. The summed E-state index contributed by atoms with van der Waals surface area (Å²) in [5, 5.41) is 4.67. The van der Waals surface area contributed by atoms with Gasteiger partial charge in [-0.2, -0.15) is 0 Å². The van der Waals surface area contributed by atoms with Crippen LogP contribution in [0.4, 0.5) is 5.69 Å². The first kappa shape index (κ1) is 14.6. The molecule has 0 amide bonds. The zero-order valence-electron chi connectivity index (χ0n) is 13.8. The molecule has 0 aromatic heterocycles. The fourth-order valence-electron chi connectivity index (χ4n) is 3.45. The number of anilines is 1. The van der Waals surface area contributed by atoms with Crippen LogP contribution < -0.4 is 10.5 Å². The van der Waals surface area contributed by atoms with Crippen LogP contribution in [0, 0.1) is 6.92 Å². The van der Waals surface area contributed by atoms with Gasteiger partial charge in [0, 0.05) is 16.8 Å². The first-order valence-electron chi connectivity index (χ1n) is 8.04. The minimum Gasteiger partial charge on any atom is -0.496 e. The molecule has 0 saturated heterocycles. The summed E-state index contributed by atoms with van der Waals surface area (Å²) in [6, 6.07) is 23.0. The lowest BCUT2D eigenvalue weighted by Gasteiger charge is -2.18. The Morgan fingerprint density at radius 3 is 2.08 bits per heavy atom. The van der Waals surface area contributed by atoms with Gasteiger partial charge in [-0.25, -0.2) is 0 Å². The zero-order chi connectivity index (χ0) is 16.7. The van der Waals surface area contributed by atoms with E-state index < -0.39 is 0 Å². The van der Waals surface area contributed by atoms with Crippen LogP contribution >= 0.6 is 0 Å². The van der Waals surface area contributed by atoms with Crippen molar-refractivity contribution in [3.05, 3.63) is 72.3 Å². The molecule has 118 valence electrons. The first-order valence-corrected chi connectivity index (χ1v) is 8.04. The Labute approximate surface area is 141 Å². The summed E-state index contributed by atoms with van der Waals surface area (Å²) in [5.41, 5.74) is 10.5. The van der Waals surface area contributed by atoms with E-state index in [9.17, 15) is 0 Å². The number of fused-ring (bicyclic) bond motifs is 2. The lowest BCUT2D eigenvalue weighted by Crippen LogP contribution is -1.98. The molecule has 0 unspecified atom stereocenters. The second-order valence-corrected chi connectivity index (χ2v) is 6.07. The van der Waals surface area contributed by atoms with E-state index in [1.807, 2.05) is 6.07 Å². The lowest BCUT2D eigenvalue weighted by molar-refractivity contribution is 0.417. The predicted molar refractivity (Wildman–Crippen MR) is 103 cm³/mol. The highest BCUT2D eigenvalue weighted by molar-refractivity contribution is 6.12. The quantitative estimate of drug-likeness (QED) is 0.492. The summed E-state index contributed by atoms with van der Waals surface area (Å²) in [4.78, 5) is 0. The maximum absolute atomic E-state index is 6.54. The van der Waals surface area contributed by atoms with Crippen molar-refractivity contribution in [3.63, 3.8) is 0 Å². The number of benzene rings is 4. The van der Waals surface area contributed by atoms with Crippen LogP contribution in [-0.2, 0) is 0 Å². The molecule has 0 bridgehead atoms. The molecule has 0 heterocycles. The van der Waals surface area contributed by atoms with Crippen molar-refractivity contribution in [2.24, 2.45) is 0 Å². The molecule has 4 aromatic carbocycles. The number of methoxy groups -OCH3 is 1. The van der Waals surface area contributed by atoms with Crippen LogP contribution in [-0.4, -0.2) is 7.11 Å². The average molecular weight is 313 g/mol. The Kier molecular flexibility index (Phi) is 3.39. The molecule has 0 aliphatic carbocycles. The molecule has 4 rings (SSSR count). The lowest BCUT2D eigenvalue weighted by atomic mass is 9.90. The van der Waals surface area contributed by atoms with E-state index in [1.165, 1.54) is 10.8 Å². The van der Waals surface area contributed by atoms with Crippen molar-refractivity contribution < 1.29 is 4.74 Å². The molecule has 0 fully saturated rings. The van der Waals surface area contributed by atoms with Crippen molar-refractivity contribution in [2.45, 2.75) is 6.92 Å². The molecule has 2 nitrogen and oxygen atoms in total. The first-order chi connectivity index (χ1) is 11.7. The summed E-state index contributed by atoms with van der Waals surface area (Å²) in [7, 11) is 1.71. The van der Waals surface area contributed by atoms with E-state index >= 15 is 0 Å². The molecular formula is C22H19NO. The molecule has 0 saturated carbocycles. The Bertz CT molecular complexity index is 1070. The highest BCUT2D eigenvalue weighted by atomic mass is 16.5. The summed E-state index contributed by atoms with van der Waals surface area (Å²) >= 11 is 0. The summed E-state index contributed by atoms with van der Waals surface area (Å²) in [6.07, 6.45) is 0. The van der Waals surface area contributed by atoms with Crippen molar-refractivity contribution in [3.8, 4) is 16.9 Å². The molecule has 2 heteroatoms. The third-order valence-electron chi connectivity index (χ3n) is 4.66. The van der Waals surface area contributed by atoms with Gasteiger partial charge in [0.25, 0.3) is 0 Å². The largest absolute Gasteiger partial charge is 0.496 e. The third kappa shape index (κ3) is 2.11. The molecule has 24 heavy (non-hydrogen) atoms. The summed E-state index contributed by atoms with van der Waals surface area (Å²) < 4.78 is 5.70. The van der Waals surface area contributed by atoms with E-state index in [4.69, 9.17) is 10.5 Å². The number of hydrogen-bond donors (Lipinski definition) is 1. The van der Waals surface area contributed by atoms with Crippen LogP contribution in [0.3, 0.4) is 0 Å². The van der Waals surface area contributed by atoms with Crippen LogP contribution in [0.5, 0.6) is 5.75 Å². The number of aryl methyl sites for hydroxylation is 1. The van der Waals surface area contributed by atoms with E-state index in [2.05, 4.69) is 67.6 Å². The minimum absolute atomic E-state index is 0.809. The van der Waals surface area contributed by atoms with Crippen molar-refractivity contribution >= 4 is 27.2 Å². The van der Waals surface area contributed by atoms with Gasteiger partial charge in [-0.05, 0) is 46.2 Å². The number of ether oxygens (including phenoxy) is 1. The van der Waals surface area contributed by atoms with Gasteiger partial charge in [0.15, 0.2) is 0 Å². The van der Waals surface area contributed by atoms with E-state index in [1.54, 1.807) is 7.11 Å². The summed E-state index contributed by atoms with van der Waals surface area (Å²) in [5.74, 6) is 0.844. The molecule has 2 N–H and O–H groups in total. The minimum atomic E-state index is 0.809. The SMILES string of the molecule is COc1ccc2ccccc2c1-c1c(N)c(C)cc2ccccc12. The van der Waals surface area contributed by atoms with Gasteiger partial charge >= 0.3 is 0 Å². The van der Waals surface area contributed by atoms with E-state index in [0.717, 1.165) is 38.9 Å². The van der Waals surface area contributed by atoms with Crippen LogP contribution in [0.1, 0.15) is 5.56 Å². The number of nitrogen functional groups attached to an aromatic ring is 1. The molecule has 0 spiro atoms. The third-order valence-corrected chi connectivity index (χ3v) is 4.66. The van der Waals surface area contributed by atoms with Crippen molar-refractivity contribution in [2.75, 3.05) is 12.8 Å². The van der Waals surface area contributed by atoms with Gasteiger partial charge in [0.05, 0.1) is 7.11 Å². The highest BCUT2D eigenvalue weighted by Crippen LogP contribution is 2.44. The maximum atomic E-state index is 6.54. The number of nitrogens with two attached hydrogens (primary N) is 1. The molecule has 0 aliphatic rings. The predicted octanol–water partition coefficient (Wildman–Crippen LogP) is 5.56. The fourth-order valence-corrected chi connectivity index (χ4v) is 3.45. The van der Waals surface area contributed by atoms with Gasteiger partial charge < -0.3 is 10.5 Å². The normalized spacial score (nSPS) is 11.1. The molecule has 0 aliphatic heterocycles. The second-order valence-electron chi connectivity index (χ2n) is 6.07. The fraction of sp³-hybridized carbons (Fsp3) is 0.0909. The van der Waals surface area contributed by atoms with Gasteiger partial charge in [0.2, 0.25) is 0 Å². The van der Waals surface area contributed by atoms with Crippen LogP contribution in [0.15, 0.2) is 66.7 Å². The standard InChI is InChI=1S/C22H19NO/c1-14-13-16-8-4-6-10-18(16)21(22(14)23)20-17-9-5-3-7-15(17)11-12-19(20)24-2/h3-13H,23H2,1-2H3. The Morgan fingerprint density at radius 2 is 1.38 bits per heavy atom. The Morgan fingerprint density at radius 1 is 0.750 bits per heavy atom. The number of rotatable bonds is 2. The van der Waals surface area contributed by atoms with Gasteiger partial charge in [-0.1, -0.05) is 54.6 Å². The van der Waals surface area contributed by atoms with Crippen LogP contribution in [0.25, 0.3) is 32.7 Å². The smallest absolute Gasteiger partial charge is 0.127 e. The average Bonchev–Trinajstić information content (AvgIpc) is 2.62. The molecule has 4 aromatic rings. The second kappa shape index (κ2) is 5.57. The van der Waals surface area contributed by atoms with E-state index in [0.29, 0.717) is 0 Å². The van der Waals surface area contributed by atoms with Crippen molar-refractivity contribution in [1.29, 1.82) is 0 Å². The molecule has 0 radical (unpaired) electrons. The topological polar surface area (TPSA) is 35.2 Å². The monoisotopic (exact) mass is 313 g/mol. The molecule has 0 atom stereocenters. The van der Waals surface area contributed by atoms with E-state index in [-0.39, 0.29) is 0 Å². The van der Waals surface area contributed by atoms with Crippen LogP contribution in [0.2, 0.25) is 0 Å². The Hall–Kier alpha value is -3.00. The van der Waals surface area contributed by atoms with Gasteiger partial charge in [-0.3, -0.25) is 0 Å². The number of hydrogen-bond acceptors (Lipinski definition) is 2. The maximum Gasteiger partial charge on any atom is 0.127 e. The summed E-state index contributed by atoms with van der Waals surface area (Å²) in [6.45, 7) is 2.06. The van der Waals surface area contributed by atoms with Gasteiger partial charge in [-0.15, -0.1) is 0 Å².